The molecule has 1 rings (SSSR count). The van der Waals surface area contributed by atoms with Crippen molar-refractivity contribution in [2.75, 3.05) is 0 Å². The third kappa shape index (κ3) is 27.7. The van der Waals surface area contributed by atoms with Gasteiger partial charge in [-0.1, -0.05) is 0 Å². The second-order valence-corrected chi connectivity index (χ2v) is 9.03. The van der Waals surface area contributed by atoms with Gasteiger partial charge in [0.1, 0.15) is 0 Å². The molecule has 0 heterocycles. The Morgan fingerprint density at radius 3 is 0.897 bits per heavy atom. The molecular weight excluding hydrogens is 471 g/mol. The molecule has 29 heavy (non-hydrogen) atoms. The Bertz CT molecular complexity index is 515. The standard InChI is InChI=1S/C8H6F4O.3C4H10O.Zr/c1-3-5(9)7(11)4(2-13)8(12)6(3)10;3*1-4(2,3)5;/h13H,2H2,1H3;3*5H,1-3H3;. The molecule has 0 amide bonds. The van der Waals surface area contributed by atoms with Gasteiger partial charge in [0.15, 0.2) is 23.3 Å². The average molecular weight is 508 g/mol. The number of aliphatic hydroxyl groups is 4. The Balaban J connectivity index is -0.000000164. The van der Waals surface area contributed by atoms with Gasteiger partial charge in [-0.2, -0.15) is 0 Å². The molecule has 0 aliphatic rings. The molecule has 0 spiro atoms. The molecule has 0 atom stereocenters. The van der Waals surface area contributed by atoms with Crippen molar-refractivity contribution in [3.63, 3.8) is 0 Å². The van der Waals surface area contributed by atoms with Gasteiger partial charge in [0, 0.05) is 31.8 Å². The van der Waals surface area contributed by atoms with E-state index in [-0.39, 0.29) is 26.2 Å². The molecule has 0 radical (unpaired) electrons. The van der Waals surface area contributed by atoms with Crippen LogP contribution in [0.1, 0.15) is 73.4 Å². The van der Waals surface area contributed by atoms with Crippen molar-refractivity contribution in [3.8, 4) is 0 Å². The minimum atomic E-state index is -1.54. The maximum atomic E-state index is 12.8. The third-order valence-electron chi connectivity index (χ3n) is 1.73. The smallest absolute Gasteiger partial charge is 0.167 e. The second-order valence-electron chi connectivity index (χ2n) is 9.03. The van der Waals surface area contributed by atoms with E-state index in [1.165, 1.54) is 0 Å². The molecule has 172 valence electrons. The van der Waals surface area contributed by atoms with E-state index in [9.17, 15) is 17.6 Å². The summed E-state index contributed by atoms with van der Waals surface area (Å²) in [6.07, 6.45) is 0. The summed E-state index contributed by atoms with van der Waals surface area (Å²) in [5, 5.41) is 34.0. The van der Waals surface area contributed by atoms with Crippen molar-refractivity contribution in [3.05, 3.63) is 34.4 Å². The van der Waals surface area contributed by atoms with Crippen LogP contribution in [-0.4, -0.2) is 37.2 Å². The molecular formula is C20H36F4O4Zr. The van der Waals surface area contributed by atoms with Gasteiger partial charge in [0.2, 0.25) is 0 Å². The van der Waals surface area contributed by atoms with Crippen molar-refractivity contribution >= 4 is 0 Å². The molecule has 0 saturated carbocycles. The number of rotatable bonds is 1. The van der Waals surface area contributed by atoms with Crippen LogP contribution >= 0.6 is 0 Å². The normalized spacial score (nSPS) is 11.0. The van der Waals surface area contributed by atoms with E-state index in [1.54, 1.807) is 62.3 Å². The maximum Gasteiger partial charge on any atom is 0.167 e. The largest absolute Gasteiger partial charge is 0.391 e. The van der Waals surface area contributed by atoms with E-state index >= 15 is 0 Å². The van der Waals surface area contributed by atoms with Crippen molar-refractivity contribution in [2.45, 2.75) is 92.6 Å². The first-order chi connectivity index (χ1) is 12.0. The van der Waals surface area contributed by atoms with Gasteiger partial charge >= 0.3 is 0 Å². The minimum Gasteiger partial charge on any atom is -0.391 e. The van der Waals surface area contributed by atoms with Crippen molar-refractivity contribution in [2.24, 2.45) is 0 Å². The van der Waals surface area contributed by atoms with Crippen molar-refractivity contribution in [1.82, 2.24) is 0 Å². The fraction of sp³-hybridized carbons (Fsp3) is 0.700. The predicted molar refractivity (Wildman–Crippen MR) is 103 cm³/mol. The number of aliphatic hydroxyl groups excluding tert-OH is 1. The average Bonchev–Trinajstić information content (AvgIpc) is 2.38. The monoisotopic (exact) mass is 506 g/mol. The Labute approximate surface area is 191 Å². The fourth-order valence-electron chi connectivity index (χ4n) is 0.926. The minimum absolute atomic E-state index is 0. The molecule has 4 nitrogen and oxygen atoms in total. The molecule has 0 fully saturated rings. The first kappa shape index (κ1) is 36.1. The van der Waals surface area contributed by atoms with Crippen molar-refractivity contribution in [1.29, 1.82) is 0 Å². The van der Waals surface area contributed by atoms with Gasteiger partial charge in [-0.25, -0.2) is 17.6 Å². The molecule has 1 aromatic carbocycles. The van der Waals surface area contributed by atoms with Gasteiger partial charge in [-0.05, 0) is 69.2 Å². The van der Waals surface area contributed by atoms with Gasteiger partial charge in [-0.3, -0.25) is 0 Å². The number of benzene rings is 1. The third-order valence-corrected chi connectivity index (χ3v) is 1.73. The molecule has 9 heteroatoms. The first-order valence-electron chi connectivity index (χ1n) is 8.60. The summed E-state index contributed by atoms with van der Waals surface area (Å²) < 4.78 is 51.0. The number of hydrogen-bond donors (Lipinski definition) is 4. The molecule has 1 aromatic rings. The van der Waals surface area contributed by atoms with E-state index in [0.29, 0.717) is 0 Å². The zero-order valence-corrected chi connectivity index (χ0v) is 21.5. The zero-order chi connectivity index (χ0) is 23.7. The summed E-state index contributed by atoms with van der Waals surface area (Å²) in [6, 6.07) is 0. The molecule has 0 saturated heterocycles. The van der Waals surface area contributed by atoms with Crippen LogP contribution in [0.15, 0.2) is 0 Å². The maximum absolute atomic E-state index is 12.8. The Kier molecular flexibility index (Phi) is 18.2. The van der Waals surface area contributed by atoms with Crippen LogP contribution in [0.3, 0.4) is 0 Å². The van der Waals surface area contributed by atoms with Gasteiger partial charge < -0.3 is 20.4 Å². The van der Waals surface area contributed by atoms with Gasteiger partial charge in [0.25, 0.3) is 0 Å². The molecule has 0 bridgehead atoms. The molecule has 4 N–H and O–H groups in total. The topological polar surface area (TPSA) is 80.9 Å². The first-order valence-corrected chi connectivity index (χ1v) is 8.60. The Morgan fingerprint density at radius 1 is 0.586 bits per heavy atom. The van der Waals surface area contributed by atoms with Crippen LogP contribution in [0.25, 0.3) is 0 Å². The molecule has 0 aliphatic carbocycles. The number of hydrogen-bond acceptors (Lipinski definition) is 4. The van der Waals surface area contributed by atoms with Crippen LogP contribution in [0.4, 0.5) is 17.6 Å². The zero-order valence-electron chi connectivity index (χ0n) is 19.0. The van der Waals surface area contributed by atoms with Gasteiger partial charge in [0.05, 0.1) is 29.0 Å². The molecule has 0 aliphatic heterocycles. The number of halogens is 4. The van der Waals surface area contributed by atoms with Crippen LogP contribution in [0.2, 0.25) is 0 Å². The van der Waals surface area contributed by atoms with E-state index in [0.717, 1.165) is 6.92 Å². The summed E-state index contributed by atoms with van der Waals surface area (Å²) in [5.74, 6) is -6.02. The Morgan fingerprint density at radius 2 is 0.759 bits per heavy atom. The summed E-state index contributed by atoms with van der Waals surface area (Å²) in [4.78, 5) is 0. The molecule has 0 unspecified atom stereocenters. The quantitative estimate of drug-likeness (QED) is 0.336. The second kappa shape index (κ2) is 14.6. The fourth-order valence-corrected chi connectivity index (χ4v) is 0.926. The van der Waals surface area contributed by atoms with E-state index in [1.807, 2.05) is 0 Å². The van der Waals surface area contributed by atoms with Crippen molar-refractivity contribution < 1.29 is 64.2 Å². The van der Waals surface area contributed by atoms with E-state index in [4.69, 9.17) is 20.4 Å². The Hall–Kier alpha value is -0.337. The van der Waals surface area contributed by atoms with Crippen LogP contribution in [0, 0.1) is 30.2 Å². The van der Waals surface area contributed by atoms with E-state index < -0.39 is 57.8 Å². The summed E-state index contributed by atoms with van der Waals surface area (Å²) in [6.45, 7) is 15.5. The summed E-state index contributed by atoms with van der Waals surface area (Å²) >= 11 is 0. The SMILES string of the molecule is CC(C)(C)O.CC(C)(C)O.CC(C)(C)O.Cc1c(F)c(F)c(CO)c(F)c1F.[Zr]. The van der Waals surface area contributed by atoms with Crippen LogP contribution < -0.4 is 0 Å². The predicted octanol–water partition coefficient (Wildman–Crippen LogP) is 4.37. The summed E-state index contributed by atoms with van der Waals surface area (Å²) in [5.41, 5.74) is -3.22. The van der Waals surface area contributed by atoms with Crippen LogP contribution in [0.5, 0.6) is 0 Å². The molecule has 0 aromatic heterocycles. The summed E-state index contributed by atoms with van der Waals surface area (Å²) in [7, 11) is 0. The van der Waals surface area contributed by atoms with E-state index in [2.05, 4.69) is 0 Å². The van der Waals surface area contributed by atoms with Gasteiger partial charge in [-0.15, -0.1) is 0 Å². The van der Waals surface area contributed by atoms with Crippen LogP contribution in [-0.2, 0) is 32.8 Å².